The van der Waals surface area contributed by atoms with E-state index in [4.69, 9.17) is 11.5 Å². The monoisotopic (exact) mass is 399 g/mol. The fraction of sp³-hybridized carbons (Fsp3) is 0.421. The maximum Gasteiger partial charge on any atom is 0.274 e. The summed E-state index contributed by atoms with van der Waals surface area (Å²) in [5, 5.41) is 13.7. The number of nitrogens with zero attached hydrogens (tertiary/aromatic N) is 4. The second-order valence-corrected chi connectivity index (χ2v) is 7.32. The molecule has 1 aromatic heterocycles. The molecule has 1 fully saturated rings. The molecule has 1 aromatic rings. The number of allylic oxidation sites excluding steroid dienone is 4. The number of carbonyl (C=O) groups excluding carboxylic acids is 1. The van der Waals surface area contributed by atoms with Gasteiger partial charge in [0, 0.05) is 32.0 Å². The molecule has 0 bridgehead atoms. The molecule has 1 amide bonds. The number of nitrogens with one attached hydrogen (secondary N) is 1. The molecular formula is C19H25N7O3. The van der Waals surface area contributed by atoms with Crippen molar-refractivity contribution in [3.8, 4) is 0 Å². The van der Waals surface area contributed by atoms with E-state index in [9.17, 15) is 14.9 Å². The van der Waals surface area contributed by atoms with Crippen molar-refractivity contribution in [2.45, 2.75) is 19.3 Å². The average molecular weight is 399 g/mol. The van der Waals surface area contributed by atoms with Crippen LogP contribution in [0.1, 0.15) is 29.8 Å². The van der Waals surface area contributed by atoms with Crippen LogP contribution in [0.3, 0.4) is 0 Å². The van der Waals surface area contributed by atoms with Crippen LogP contribution in [0.4, 0.5) is 5.82 Å². The van der Waals surface area contributed by atoms with Crippen molar-refractivity contribution in [1.82, 2.24) is 20.2 Å². The highest BCUT2D eigenvalue weighted by Gasteiger charge is 2.41. The second kappa shape index (κ2) is 8.72. The fourth-order valence-electron chi connectivity index (χ4n) is 3.98. The predicted molar refractivity (Wildman–Crippen MR) is 108 cm³/mol. The summed E-state index contributed by atoms with van der Waals surface area (Å²) in [6, 6.07) is 0. The highest BCUT2D eigenvalue weighted by molar-refractivity contribution is 5.96. The molecule has 0 spiro atoms. The van der Waals surface area contributed by atoms with Gasteiger partial charge in [-0.1, -0.05) is 24.3 Å². The van der Waals surface area contributed by atoms with E-state index in [1.54, 1.807) is 0 Å². The van der Waals surface area contributed by atoms with Gasteiger partial charge in [0.2, 0.25) is 0 Å². The lowest BCUT2D eigenvalue weighted by molar-refractivity contribution is -0.404. The third-order valence-corrected chi connectivity index (χ3v) is 5.67. The molecule has 1 atom stereocenters. The SMILES string of the molecule is N/C(=C\[N+](=O)[O-])N1CCC(CNC(=O)c2nccnc2N)(C2C=CC=CC2)CC1. The van der Waals surface area contributed by atoms with Gasteiger partial charge in [-0.2, -0.15) is 0 Å². The molecule has 154 valence electrons. The number of piperidine rings is 1. The summed E-state index contributed by atoms with van der Waals surface area (Å²) in [4.78, 5) is 32.5. The van der Waals surface area contributed by atoms with Crippen LogP contribution in [0, 0.1) is 21.4 Å². The van der Waals surface area contributed by atoms with E-state index in [0.29, 0.717) is 19.6 Å². The first-order chi connectivity index (χ1) is 13.9. The van der Waals surface area contributed by atoms with Gasteiger partial charge in [0.25, 0.3) is 12.1 Å². The molecule has 0 aromatic carbocycles. The Bertz CT molecular complexity index is 857. The summed E-state index contributed by atoms with van der Waals surface area (Å²) >= 11 is 0. The number of aromatic nitrogens is 2. The van der Waals surface area contributed by atoms with Crippen LogP contribution in [-0.2, 0) is 0 Å². The summed E-state index contributed by atoms with van der Waals surface area (Å²) in [5.74, 6) is 0.126. The van der Waals surface area contributed by atoms with E-state index in [1.165, 1.54) is 12.4 Å². The van der Waals surface area contributed by atoms with Gasteiger partial charge in [-0.25, -0.2) is 9.97 Å². The molecule has 29 heavy (non-hydrogen) atoms. The van der Waals surface area contributed by atoms with Gasteiger partial charge >= 0.3 is 0 Å². The normalized spacial score (nSPS) is 21.0. The maximum atomic E-state index is 12.6. The lowest BCUT2D eigenvalue weighted by Gasteiger charge is -2.46. The Morgan fingerprint density at radius 2 is 2.07 bits per heavy atom. The molecule has 1 unspecified atom stereocenters. The van der Waals surface area contributed by atoms with Crippen LogP contribution in [0.2, 0.25) is 0 Å². The number of amides is 1. The van der Waals surface area contributed by atoms with Crippen molar-refractivity contribution in [3.05, 3.63) is 64.5 Å². The first-order valence-corrected chi connectivity index (χ1v) is 9.45. The van der Waals surface area contributed by atoms with E-state index in [1.807, 2.05) is 17.1 Å². The van der Waals surface area contributed by atoms with Crippen molar-refractivity contribution in [2.24, 2.45) is 17.1 Å². The zero-order valence-electron chi connectivity index (χ0n) is 16.0. The molecule has 1 aliphatic heterocycles. The predicted octanol–water partition coefficient (Wildman–Crippen LogP) is 1.04. The minimum absolute atomic E-state index is 0.0899. The number of anilines is 1. The molecule has 2 heterocycles. The Morgan fingerprint density at radius 3 is 2.69 bits per heavy atom. The van der Waals surface area contributed by atoms with Crippen molar-refractivity contribution >= 4 is 11.7 Å². The number of hydrogen-bond donors (Lipinski definition) is 3. The third-order valence-electron chi connectivity index (χ3n) is 5.67. The minimum Gasteiger partial charge on any atom is -0.382 e. The van der Waals surface area contributed by atoms with Gasteiger partial charge in [0.15, 0.2) is 17.3 Å². The lowest BCUT2D eigenvalue weighted by atomic mass is 9.66. The quantitative estimate of drug-likeness (QED) is 0.473. The molecule has 1 saturated heterocycles. The molecule has 0 saturated carbocycles. The van der Waals surface area contributed by atoms with Gasteiger partial charge in [0.05, 0.1) is 4.92 Å². The number of nitrogen functional groups attached to an aromatic ring is 1. The minimum atomic E-state index is -0.544. The van der Waals surface area contributed by atoms with Crippen LogP contribution in [0.15, 0.2) is 48.7 Å². The van der Waals surface area contributed by atoms with Crippen LogP contribution in [0.5, 0.6) is 0 Å². The molecule has 3 rings (SSSR count). The highest BCUT2D eigenvalue weighted by Crippen LogP contribution is 2.42. The first-order valence-electron chi connectivity index (χ1n) is 9.45. The molecule has 1 aliphatic carbocycles. The fourth-order valence-corrected chi connectivity index (χ4v) is 3.98. The van der Waals surface area contributed by atoms with Gasteiger partial charge in [0.1, 0.15) is 0 Å². The number of hydrogen-bond acceptors (Lipinski definition) is 8. The largest absolute Gasteiger partial charge is 0.382 e. The molecule has 5 N–H and O–H groups in total. The lowest BCUT2D eigenvalue weighted by Crippen LogP contribution is -2.50. The summed E-state index contributed by atoms with van der Waals surface area (Å²) in [7, 11) is 0. The standard InChI is InChI=1S/C19H25N7O3/c20-15(12-26(28)29)25-10-6-19(7-11-25,14-4-2-1-3-5-14)13-24-18(27)16-17(21)23-9-8-22-16/h1-4,8-9,12,14H,5-7,10-11,13,20H2,(H2,21,23)(H,24,27)/b15-12+. The summed E-state index contributed by atoms with van der Waals surface area (Å²) in [5.41, 5.74) is 11.5. The average Bonchev–Trinajstić information content (AvgIpc) is 2.73. The highest BCUT2D eigenvalue weighted by atomic mass is 16.6. The van der Waals surface area contributed by atoms with Crippen LogP contribution in [-0.4, -0.2) is 45.3 Å². The smallest absolute Gasteiger partial charge is 0.274 e. The van der Waals surface area contributed by atoms with Gasteiger partial charge in [-0.05, 0) is 30.6 Å². The molecule has 2 aliphatic rings. The summed E-state index contributed by atoms with van der Waals surface area (Å²) in [6.07, 6.45) is 14.3. The van der Waals surface area contributed by atoms with Crippen LogP contribution in [0.25, 0.3) is 0 Å². The van der Waals surface area contributed by atoms with Crippen molar-refractivity contribution < 1.29 is 9.72 Å². The van der Waals surface area contributed by atoms with E-state index < -0.39 is 4.92 Å². The Labute approximate surface area is 168 Å². The topological polar surface area (TPSA) is 153 Å². The molecular weight excluding hydrogens is 374 g/mol. The number of rotatable bonds is 6. The number of likely N-dealkylation sites (tertiary alicyclic amines) is 1. The first kappa shape index (κ1) is 20.3. The van der Waals surface area contributed by atoms with Gasteiger partial charge in [-0.15, -0.1) is 0 Å². The molecule has 0 radical (unpaired) electrons. The van der Waals surface area contributed by atoms with E-state index >= 15 is 0 Å². The van der Waals surface area contributed by atoms with E-state index in [0.717, 1.165) is 25.5 Å². The maximum absolute atomic E-state index is 12.6. The Kier molecular flexibility index (Phi) is 6.10. The Balaban J connectivity index is 1.73. The van der Waals surface area contributed by atoms with Crippen molar-refractivity contribution in [3.63, 3.8) is 0 Å². The molecule has 10 nitrogen and oxygen atoms in total. The van der Waals surface area contributed by atoms with Gasteiger partial charge in [-0.3, -0.25) is 14.9 Å². The summed E-state index contributed by atoms with van der Waals surface area (Å²) < 4.78 is 0. The molecule has 10 heteroatoms. The zero-order valence-corrected chi connectivity index (χ0v) is 16.0. The van der Waals surface area contributed by atoms with Gasteiger partial charge < -0.3 is 21.7 Å². The van der Waals surface area contributed by atoms with Crippen LogP contribution >= 0.6 is 0 Å². The Morgan fingerprint density at radius 1 is 1.34 bits per heavy atom. The van der Waals surface area contributed by atoms with Crippen molar-refractivity contribution in [1.29, 1.82) is 0 Å². The van der Waals surface area contributed by atoms with Crippen LogP contribution < -0.4 is 16.8 Å². The number of nitro groups is 1. The third kappa shape index (κ3) is 4.71. The number of nitrogens with two attached hydrogens (primary N) is 2. The van der Waals surface area contributed by atoms with E-state index in [-0.39, 0.29) is 34.6 Å². The Hall–Kier alpha value is -3.43. The zero-order chi connectivity index (χ0) is 20.9. The van der Waals surface area contributed by atoms with E-state index in [2.05, 4.69) is 27.4 Å². The van der Waals surface area contributed by atoms with Crippen molar-refractivity contribution in [2.75, 3.05) is 25.4 Å². The second-order valence-electron chi connectivity index (χ2n) is 7.32. The summed E-state index contributed by atoms with van der Waals surface area (Å²) in [6.45, 7) is 1.60. The number of carbonyl (C=O) groups is 1.